The zero-order chi connectivity index (χ0) is 19.0. The van der Waals surface area contributed by atoms with Crippen LogP contribution < -0.4 is 10.2 Å². The smallest absolute Gasteiger partial charge is 0.270 e. The Morgan fingerprint density at radius 2 is 1.88 bits per heavy atom. The second kappa shape index (κ2) is 7.03. The van der Waals surface area contributed by atoms with E-state index in [1.807, 2.05) is 0 Å². The lowest BCUT2D eigenvalue weighted by atomic mass is 10.1. The van der Waals surface area contributed by atoms with Crippen molar-refractivity contribution in [3.05, 3.63) is 63.4 Å². The Hall–Kier alpha value is -2.48. The molecule has 2 amide bonds. The summed E-state index contributed by atoms with van der Waals surface area (Å²) in [5.74, 6) is -2.68. The number of nitrogens with one attached hydrogen (secondary N) is 1. The summed E-state index contributed by atoms with van der Waals surface area (Å²) in [6, 6.07) is 8.13. The lowest BCUT2D eigenvalue weighted by Gasteiger charge is -2.29. The van der Waals surface area contributed by atoms with Crippen LogP contribution in [0.1, 0.15) is 5.56 Å². The molecule has 3 rings (SSSR count). The molecule has 0 saturated carbocycles. The van der Waals surface area contributed by atoms with Gasteiger partial charge >= 0.3 is 0 Å². The predicted octanol–water partition coefficient (Wildman–Crippen LogP) is 3.67. The third kappa shape index (κ3) is 3.29. The number of nitrogens with zero attached hydrogens (tertiary/aromatic N) is 1. The van der Waals surface area contributed by atoms with E-state index in [1.165, 1.54) is 30.3 Å². The third-order valence-corrected chi connectivity index (χ3v) is 4.34. The molecule has 132 valence electrons. The molecule has 0 radical (unpaired) electrons. The fourth-order valence-electron chi connectivity index (χ4n) is 2.36. The minimum atomic E-state index is -0.848. The highest BCUT2D eigenvalue weighted by molar-refractivity contribution is 7.80. The van der Waals surface area contributed by atoms with E-state index in [9.17, 15) is 19.1 Å². The monoisotopic (exact) mass is 410 g/mol. The number of rotatable bonds is 2. The Bertz CT molecular complexity index is 994. The van der Waals surface area contributed by atoms with Gasteiger partial charge in [-0.15, -0.1) is 0 Å². The molecule has 0 atom stereocenters. The van der Waals surface area contributed by atoms with Crippen molar-refractivity contribution >= 4 is 64.1 Å². The van der Waals surface area contributed by atoms with Crippen molar-refractivity contribution in [2.45, 2.75) is 0 Å². The Morgan fingerprint density at radius 3 is 2.58 bits per heavy atom. The quantitative estimate of drug-likeness (QED) is 0.450. The van der Waals surface area contributed by atoms with Crippen molar-refractivity contribution in [3.8, 4) is 5.75 Å². The van der Waals surface area contributed by atoms with E-state index in [0.29, 0.717) is 0 Å². The van der Waals surface area contributed by atoms with Crippen LogP contribution in [0.25, 0.3) is 6.08 Å². The number of thiocarbonyl (C=S) groups is 1. The SMILES string of the molecule is O=C1NC(=S)N(c2ccccc2F)C(=O)/C1=C/c1cc(Cl)cc(Cl)c1O. The Labute approximate surface area is 162 Å². The molecule has 0 spiro atoms. The second-order valence-electron chi connectivity index (χ2n) is 5.23. The summed E-state index contributed by atoms with van der Waals surface area (Å²) in [5, 5.41) is 12.2. The fourth-order valence-corrected chi connectivity index (χ4v) is 3.14. The number of para-hydroxylation sites is 1. The zero-order valence-electron chi connectivity index (χ0n) is 12.8. The molecule has 1 aliphatic heterocycles. The van der Waals surface area contributed by atoms with Crippen molar-refractivity contribution < 1.29 is 19.1 Å². The van der Waals surface area contributed by atoms with Crippen LogP contribution in [0.15, 0.2) is 42.0 Å². The number of anilines is 1. The standard InChI is InChI=1S/C17H9Cl2FN2O3S/c18-9-5-8(14(23)11(19)7-9)6-10-15(24)21-17(26)22(16(10)25)13-4-2-1-3-12(13)20/h1-7,23H,(H,21,24,26)/b10-6+. The van der Waals surface area contributed by atoms with E-state index in [-0.39, 0.29) is 37.7 Å². The number of benzene rings is 2. The molecular formula is C17H9Cl2FN2O3S. The Balaban J connectivity index is 2.11. The minimum Gasteiger partial charge on any atom is -0.506 e. The largest absolute Gasteiger partial charge is 0.506 e. The number of carbonyl (C=O) groups excluding carboxylic acids is 2. The summed E-state index contributed by atoms with van der Waals surface area (Å²) in [5.41, 5.74) is -0.417. The van der Waals surface area contributed by atoms with Crippen LogP contribution in [0.2, 0.25) is 10.0 Å². The lowest BCUT2D eigenvalue weighted by Crippen LogP contribution is -2.54. The summed E-state index contributed by atoms with van der Waals surface area (Å²) in [7, 11) is 0. The Kier molecular flexibility index (Phi) is 4.95. The number of phenolic OH excluding ortho intramolecular Hbond substituents is 1. The van der Waals surface area contributed by atoms with Gasteiger partial charge in [-0.1, -0.05) is 35.3 Å². The first-order valence-electron chi connectivity index (χ1n) is 7.13. The summed E-state index contributed by atoms with van der Waals surface area (Å²) >= 11 is 16.7. The van der Waals surface area contributed by atoms with Gasteiger partial charge in [0.2, 0.25) is 0 Å². The first kappa shape index (κ1) is 18.3. The number of hydrogen-bond acceptors (Lipinski definition) is 4. The van der Waals surface area contributed by atoms with Crippen LogP contribution >= 0.6 is 35.4 Å². The molecule has 0 aliphatic carbocycles. The molecule has 9 heteroatoms. The molecule has 0 unspecified atom stereocenters. The highest BCUT2D eigenvalue weighted by Crippen LogP contribution is 2.33. The van der Waals surface area contributed by atoms with Gasteiger partial charge in [-0.2, -0.15) is 0 Å². The van der Waals surface area contributed by atoms with Crippen LogP contribution in [-0.2, 0) is 9.59 Å². The Morgan fingerprint density at radius 1 is 1.19 bits per heavy atom. The van der Waals surface area contributed by atoms with Gasteiger partial charge < -0.3 is 5.11 Å². The van der Waals surface area contributed by atoms with Gasteiger partial charge in [0.25, 0.3) is 11.8 Å². The van der Waals surface area contributed by atoms with Gasteiger partial charge in [-0.05, 0) is 42.6 Å². The number of phenols is 1. The maximum atomic E-state index is 14.1. The molecule has 1 heterocycles. The van der Waals surface area contributed by atoms with E-state index < -0.39 is 17.6 Å². The average Bonchev–Trinajstić information content (AvgIpc) is 2.57. The van der Waals surface area contributed by atoms with Gasteiger partial charge in [0.1, 0.15) is 17.1 Å². The van der Waals surface area contributed by atoms with Crippen molar-refractivity contribution in [2.24, 2.45) is 0 Å². The summed E-state index contributed by atoms with van der Waals surface area (Å²) < 4.78 is 14.1. The third-order valence-electron chi connectivity index (χ3n) is 3.55. The predicted molar refractivity (Wildman–Crippen MR) is 101 cm³/mol. The van der Waals surface area contributed by atoms with Gasteiger partial charge in [-0.25, -0.2) is 9.29 Å². The number of hydrogen-bond donors (Lipinski definition) is 2. The maximum absolute atomic E-state index is 14.1. The second-order valence-corrected chi connectivity index (χ2v) is 6.47. The van der Waals surface area contributed by atoms with Crippen LogP contribution in [0.5, 0.6) is 5.75 Å². The first-order chi connectivity index (χ1) is 12.3. The van der Waals surface area contributed by atoms with E-state index >= 15 is 0 Å². The molecule has 0 bridgehead atoms. The molecule has 26 heavy (non-hydrogen) atoms. The number of halogens is 3. The molecule has 0 aromatic heterocycles. The van der Waals surface area contributed by atoms with Gasteiger partial charge in [0.05, 0.1) is 10.7 Å². The molecule has 1 aliphatic rings. The number of carbonyl (C=O) groups is 2. The molecule has 2 aromatic carbocycles. The molecule has 1 fully saturated rings. The maximum Gasteiger partial charge on any atom is 0.270 e. The van der Waals surface area contributed by atoms with E-state index in [2.05, 4.69) is 5.32 Å². The van der Waals surface area contributed by atoms with E-state index in [4.69, 9.17) is 35.4 Å². The van der Waals surface area contributed by atoms with Crippen LogP contribution in [0.3, 0.4) is 0 Å². The van der Waals surface area contributed by atoms with Gasteiger partial charge in [-0.3, -0.25) is 14.9 Å². The van der Waals surface area contributed by atoms with Crippen LogP contribution in [0, 0.1) is 5.82 Å². The normalized spacial score (nSPS) is 16.2. The summed E-state index contributed by atoms with van der Waals surface area (Å²) in [6.45, 7) is 0. The highest BCUT2D eigenvalue weighted by Gasteiger charge is 2.35. The van der Waals surface area contributed by atoms with Crippen LogP contribution in [0.4, 0.5) is 10.1 Å². The fraction of sp³-hybridized carbons (Fsp3) is 0. The van der Waals surface area contributed by atoms with Gasteiger partial charge in [0.15, 0.2) is 5.11 Å². The van der Waals surface area contributed by atoms with Crippen molar-refractivity contribution in [1.29, 1.82) is 0 Å². The topological polar surface area (TPSA) is 69.6 Å². The summed E-state index contributed by atoms with van der Waals surface area (Å²) in [6.07, 6.45) is 1.11. The lowest BCUT2D eigenvalue weighted by molar-refractivity contribution is -0.122. The van der Waals surface area contributed by atoms with Crippen LogP contribution in [-0.4, -0.2) is 22.0 Å². The van der Waals surface area contributed by atoms with Crippen molar-refractivity contribution in [3.63, 3.8) is 0 Å². The van der Waals surface area contributed by atoms with E-state index in [0.717, 1.165) is 17.0 Å². The van der Waals surface area contributed by atoms with E-state index in [1.54, 1.807) is 0 Å². The minimum absolute atomic E-state index is 0.0468. The highest BCUT2D eigenvalue weighted by atomic mass is 35.5. The zero-order valence-corrected chi connectivity index (χ0v) is 15.1. The first-order valence-corrected chi connectivity index (χ1v) is 8.30. The van der Waals surface area contributed by atoms with Crippen molar-refractivity contribution in [1.82, 2.24) is 5.32 Å². The van der Waals surface area contributed by atoms with Crippen molar-refractivity contribution in [2.75, 3.05) is 4.90 Å². The average molecular weight is 411 g/mol. The van der Waals surface area contributed by atoms with Gasteiger partial charge in [0, 0.05) is 10.6 Å². The molecule has 5 nitrogen and oxygen atoms in total. The summed E-state index contributed by atoms with van der Waals surface area (Å²) in [4.78, 5) is 25.8. The molecular weight excluding hydrogens is 402 g/mol. The molecule has 1 saturated heterocycles. The number of aromatic hydroxyl groups is 1. The number of amides is 2. The molecule has 2 N–H and O–H groups in total. The molecule has 2 aromatic rings.